The number of nitrogens with zero attached hydrogens (tertiary/aromatic N) is 2. The van der Waals surface area contributed by atoms with E-state index in [2.05, 4.69) is 5.32 Å². The average Bonchev–Trinajstić information content (AvgIpc) is 2.66. The fourth-order valence-electron chi connectivity index (χ4n) is 2.15. The van der Waals surface area contributed by atoms with Crippen LogP contribution in [0.2, 0.25) is 5.02 Å². The number of hydrogen-bond acceptors (Lipinski definition) is 5. The molecule has 0 aliphatic carbocycles. The Morgan fingerprint density at radius 2 is 2.04 bits per heavy atom. The molecular formula is C19H16ClN3O4. The molecule has 0 aromatic heterocycles. The Morgan fingerprint density at radius 1 is 1.33 bits per heavy atom. The Bertz CT molecular complexity index is 918. The first-order valence-corrected chi connectivity index (χ1v) is 8.42. The number of nitrogens with one attached hydrogen (secondary N) is 1. The van der Waals surface area contributed by atoms with E-state index in [1.807, 2.05) is 6.92 Å². The van der Waals surface area contributed by atoms with E-state index in [1.165, 1.54) is 18.2 Å². The third-order valence-corrected chi connectivity index (χ3v) is 3.67. The first-order chi connectivity index (χ1) is 12.9. The van der Waals surface area contributed by atoms with Crippen molar-refractivity contribution >= 4 is 35.0 Å². The van der Waals surface area contributed by atoms with Crippen LogP contribution in [-0.4, -0.2) is 17.4 Å². The van der Waals surface area contributed by atoms with Gasteiger partial charge in [0.1, 0.15) is 23.1 Å². The minimum Gasteiger partial charge on any atom is -0.494 e. The van der Waals surface area contributed by atoms with Gasteiger partial charge in [0.05, 0.1) is 11.5 Å². The number of amides is 1. The number of benzene rings is 2. The Hall–Kier alpha value is -3.37. The van der Waals surface area contributed by atoms with Crippen molar-refractivity contribution in [1.82, 2.24) is 0 Å². The quantitative estimate of drug-likeness (QED) is 0.325. The van der Waals surface area contributed by atoms with Crippen molar-refractivity contribution in [1.29, 1.82) is 5.26 Å². The van der Waals surface area contributed by atoms with Crippen LogP contribution in [0.25, 0.3) is 6.08 Å². The summed E-state index contributed by atoms with van der Waals surface area (Å²) in [6, 6.07) is 12.5. The highest BCUT2D eigenvalue weighted by atomic mass is 35.5. The van der Waals surface area contributed by atoms with Crippen LogP contribution in [0.5, 0.6) is 5.75 Å². The molecule has 7 nitrogen and oxygen atoms in total. The molecule has 0 fully saturated rings. The summed E-state index contributed by atoms with van der Waals surface area (Å²) in [6.07, 6.45) is 2.28. The maximum absolute atomic E-state index is 12.3. The smallest absolute Gasteiger partial charge is 0.294 e. The van der Waals surface area contributed by atoms with E-state index < -0.39 is 10.8 Å². The fraction of sp³-hybridized carbons (Fsp3) is 0.158. The van der Waals surface area contributed by atoms with Crippen LogP contribution in [0.1, 0.15) is 18.9 Å². The molecule has 0 spiro atoms. The molecule has 8 heteroatoms. The van der Waals surface area contributed by atoms with Crippen molar-refractivity contribution < 1.29 is 14.5 Å². The summed E-state index contributed by atoms with van der Waals surface area (Å²) in [5, 5.41) is 22.9. The molecule has 2 rings (SSSR count). The molecule has 0 aliphatic rings. The van der Waals surface area contributed by atoms with Gasteiger partial charge in [-0.05, 0) is 42.3 Å². The monoisotopic (exact) mass is 385 g/mol. The van der Waals surface area contributed by atoms with Crippen LogP contribution < -0.4 is 10.1 Å². The number of anilines is 1. The van der Waals surface area contributed by atoms with E-state index in [-0.39, 0.29) is 22.0 Å². The van der Waals surface area contributed by atoms with Gasteiger partial charge in [-0.15, -0.1) is 0 Å². The van der Waals surface area contributed by atoms with Gasteiger partial charge < -0.3 is 10.1 Å². The number of nitriles is 1. The van der Waals surface area contributed by atoms with E-state index in [4.69, 9.17) is 16.3 Å². The van der Waals surface area contributed by atoms with E-state index in [1.54, 1.807) is 30.3 Å². The number of nitro benzene ring substituents is 1. The molecule has 0 heterocycles. The van der Waals surface area contributed by atoms with Gasteiger partial charge in [0.15, 0.2) is 0 Å². The van der Waals surface area contributed by atoms with Gasteiger partial charge in [-0.1, -0.05) is 30.7 Å². The maximum Gasteiger partial charge on any atom is 0.294 e. The lowest BCUT2D eigenvalue weighted by molar-refractivity contribution is -0.383. The van der Waals surface area contributed by atoms with Crippen LogP contribution in [0.3, 0.4) is 0 Å². The lowest BCUT2D eigenvalue weighted by atomic mass is 10.1. The van der Waals surface area contributed by atoms with Gasteiger partial charge in [0, 0.05) is 11.1 Å². The normalized spacial score (nSPS) is 10.8. The van der Waals surface area contributed by atoms with Crippen molar-refractivity contribution in [2.45, 2.75) is 13.3 Å². The van der Waals surface area contributed by atoms with Crippen LogP contribution >= 0.6 is 11.6 Å². The average molecular weight is 386 g/mol. The zero-order chi connectivity index (χ0) is 19.8. The van der Waals surface area contributed by atoms with Crippen molar-refractivity contribution in [2.24, 2.45) is 0 Å². The third-order valence-electron chi connectivity index (χ3n) is 3.43. The van der Waals surface area contributed by atoms with Crippen molar-refractivity contribution in [3.63, 3.8) is 0 Å². The summed E-state index contributed by atoms with van der Waals surface area (Å²) in [4.78, 5) is 22.8. The highest BCUT2D eigenvalue weighted by molar-refractivity contribution is 6.31. The Kier molecular flexibility index (Phi) is 6.92. The lowest BCUT2D eigenvalue weighted by Gasteiger charge is -2.06. The molecule has 27 heavy (non-hydrogen) atoms. The minimum absolute atomic E-state index is 0.0427. The number of carbonyl (C=O) groups excluding carboxylic acids is 1. The molecule has 0 saturated carbocycles. The zero-order valence-corrected chi connectivity index (χ0v) is 15.2. The molecule has 0 atom stereocenters. The number of halogens is 1. The molecule has 2 aromatic rings. The molecule has 0 saturated heterocycles. The predicted octanol–water partition coefficient (Wildman–Crippen LogP) is 4.58. The zero-order valence-electron chi connectivity index (χ0n) is 14.4. The molecule has 138 valence electrons. The minimum atomic E-state index is -0.755. The lowest BCUT2D eigenvalue weighted by Crippen LogP contribution is -2.14. The second kappa shape index (κ2) is 9.36. The van der Waals surface area contributed by atoms with Crippen molar-refractivity contribution in [2.75, 3.05) is 11.9 Å². The second-order valence-electron chi connectivity index (χ2n) is 5.46. The number of carbonyl (C=O) groups is 1. The Labute approximate surface area is 161 Å². The van der Waals surface area contributed by atoms with Crippen LogP contribution in [0.4, 0.5) is 11.4 Å². The summed E-state index contributed by atoms with van der Waals surface area (Å²) in [5.74, 6) is -0.0667. The summed E-state index contributed by atoms with van der Waals surface area (Å²) >= 11 is 5.75. The fourth-order valence-corrected chi connectivity index (χ4v) is 2.31. The van der Waals surface area contributed by atoms with Gasteiger partial charge in [0.2, 0.25) is 0 Å². The predicted molar refractivity (Wildman–Crippen MR) is 103 cm³/mol. The van der Waals surface area contributed by atoms with Crippen LogP contribution in [-0.2, 0) is 4.79 Å². The first-order valence-electron chi connectivity index (χ1n) is 8.04. The molecule has 2 aromatic carbocycles. The van der Waals surface area contributed by atoms with E-state index in [0.717, 1.165) is 12.5 Å². The van der Waals surface area contributed by atoms with Crippen molar-refractivity contribution in [3.8, 4) is 11.8 Å². The number of ether oxygens (including phenoxy) is 1. The standard InChI is InChI=1S/C19H16ClN3O4/c1-2-9-27-16-6-3-13(4-7-16)10-14(12-21)19(24)22-17-8-5-15(20)11-18(17)23(25)26/h3-8,10-11H,2,9H2,1H3,(H,22,24). The number of hydrogen-bond donors (Lipinski definition) is 1. The highest BCUT2D eigenvalue weighted by Crippen LogP contribution is 2.28. The Balaban J connectivity index is 2.20. The molecule has 0 bridgehead atoms. The highest BCUT2D eigenvalue weighted by Gasteiger charge is 2.18. The second-order valence-corrected chi connectivity index (χ2v) is 5.90. The van der Waals surface area contributed by atoms with Crippen molar-refractivity contribution in [3.05, 3.63) is 68.7 Å². The molecule has 0 unspecified atom stereocenters. The number of nitro groups is 1. The van der Waals surface area contributed by atoms with Crippen LogP contribution in [0, 0.1) is 21.4 Å². The SMILES string of the molecule is CCCOc1ccc(C=C(C#N)C(=O)Nc2ccc(Cl)cc2[N+](=O)[O-])cc1. The van der Waals surface area contributed by atoms with Gasteiger partial charge in [0.25, 0.3) is 11.6 Å². The van der Waals surface area contributed by atoms with Crippen LogP contribution in [0.15, 0.2) is 48.0 Å². The summed E-state index contributed by atoms with van der Waals surface area (Å²) in [6.45, 7) is 2.60. The third kappa shape index (κ3) is 5.56. The molecule has 0 radical (unpaired) electrons. The van der Waals surface area contributed by atoms with Gasteiger partial charge in [-0.2, -0.15) is 5.26 Å². The first kappa shape index (κ1) is 19.9. The van der Waals surface area contributed by atoms with E-state index >= 15 is 0 Å². The number of rotatable bonds is 7. The topological polar surface area (TPSA) is 105 Å². The maximum atomic E-state index is 12.3. The Morgan fingerprint density at radius 3 is 2.63 bits per heavy atom. The summed E-state index contributed by atoms with van der Waals surface area (Å²) < 4.78 is 5.47. The van der Waals surface area contributed by atoms with Gasteiger partial charge in [-0.25, -0.2) is 0 Å². The summed E-state index contributed by atoms with van der Waals surface area (Å²) in [5.41, 5.74) is 0.0297. The van der Waals surface area contributed by atoms with E-state index in [9.17, 15) is 20.2 Å². The largest absolute Gasteiger partial charge is 0.494 e. The molecule has 1 N–H and O–H groups in total. The molecule has 0 aliphatic heterocycles. The summed E-state index contributed by atoms with van der Waals surface area (Å²) in [7, 11) is 0. The molecular weight excluding hydrogens is 370 g/mol. The van der Waals surface area contributed by atoms with E-state index in [0.29, 0.717) is 17.9 Å². The molecule has 1 amide bonds. The van der Waals surface area contributed by atoms with Gasteiger partial charge in [-0.3, -0.25) is 14.9 Å². The van der Waals surface area contributed by atoms with Gasteiger partial charge >= 0.3 is 0 Å².